The quantitative estimate of drug-likeness (QED) is 0.602. The van der Waals surface area contributed by atoms with Crippen LogP contribution < -0.4 is 10.1 Å². The number of benzene rings is 3. The second-order valence-corrected chi connectivity index (χ2v) is 6.62. The monoisotopic (exact) mass is 373 g/mol. The van der Waals surface area contributed by atoms with Crippen LogP contribution in [0.5, 0.6) is 5.75 Å². The molecule has 0 aromatic heterocycles. The van der Waals surface area contributed by atoms with Gasteiger partial charge in [-0.15, -0.1) is 0 Å². The van der Waals surface area contributed by atoms with Crippen molar-refractivity contribution in [3.8, 4) is 5.75 Å². The van der Waals surface area contributed by atoms with E-state index in [2.05, 4.69) is 12.2 Å². The van der Waals surface area contributed by atoms with E-state index < -0.39 is 0 Å². The lowest BCUT2D eigenvalue weighted by molar-refractivity contribution is -0.123. The van der Waals surface area contributed by atoms with Crippen molar-refractivity contribution in [2.24, 2.45) is 0 Å². The van der Waals surface area contributed by atoms with Gasteiger partial charge in [-0.3, -0.25) is 9.59 Å². The van der Waals surface area contributed by atoms with Crippen molar-refractivity contribution >= 4 is 11.7 Å². The Morgan fingerprint density at radius 3 is 2.04 bits per heavy atom. The second kappa shape index (κ2) is 9.51. The predicted molar refractivity (Wildman–Crippen MR) is 110 cm³/mol. The number of hydrogen-bond acceptors (Lipinski definition) is 3. The maximum Gasteiger partial charge on any atom is 0.257 e. The molecule has 3 aromatic rings. The highest BCUT2D eigenvalue weighted by Crippen LogP contribution is 2.16. The number of ether oxygens (including phenoxy) is 1. The summed E-state index contributed by atoms with van der Waals surface area (Å²) in [4.78, 5) is 24.4. The largest absolute Gasteiger partial charge is 0.484 e. The molecule has 0 bridgehead atoms. The fraction of sp³-hybridized carbons (Fsp3) is 0.167. The Morgan fingerprint density at radius 2 is 1.39 bits per heavy atom. The molecule has 1 amide bonds. The van der Waals surface area contributed by atoms with Crippen molar-refractivity contribution in [2.45, 2.75) is 12.8 Å². The Labute approximate surface area is 165 Å². The van der Waals surface area contributed by atoms with Crippen LogP contribution in [0.25, 0.3) is 0 Å². The topological polar surface area (TPSA) is 55.4 Å². The molecule has 0 saturated carbocycles. The van der Waals surface area contributed by atoms with Crippen LogP contribution >= 0.6 is 0 Å². The smallest absolute Gasteiger partial charge is 0.257 e. The summed E-state index contributed by atoms with van der Waals surface area (Å²) in [6.07, 6.45) is 0. The van der Waals surface area contributed by atoms with Gasteiger partial charge in [0, 0.05) is 17.7 Å². The molecule has 0 aliphatic heterocycles. The number of rotatable bonds is 8. The second-order valence-electron chi connectivity index (χ2n) is 6.62. The summed E-state index contributed by atoms with van der Waals surface area (Å²) < 4.78 is 5.52. The molecule has 0 spiro atoms. The van der Waals surface area contributed by atoms with Crippen molar-refractivity contribution in [1.29, 1.82) is 0 Å². The molecular formula is C24H23NO3. The number of hydrogen-bond donors (Lipinski definition) is 1. The maximum absolute atomic E-state index is 12.4. The van der Waals surface area contributed by atoms with E-state index in [-0.39, 0.29) is 24.2 Å². The van der Waals surface area contributed by atoms with Gasteiger partial charge in [-0.2, -0.15) is 0 Å². The zero-order valence-corrected chi connectivity index (χ0v) is 15.8. The lowest BCUT2D eigenvalue weighted by Crippen LogP contribution is -2.31. The van der Waals surface area contributed by atoms with Gasteiger partial charge < -0.3 is 10.1 Å². The average Bonchev–Trinajstić information content (AvgIpc) is 2.77. The predicted octanol–water partition coefficient (Wildman–Crippen LogP) is 4.22. The Morgan fingerprint density at radius 1 is 0.821 bits per heavy atom. The number of ketones is 1. The van der Waals surface area contributed by atoms with E-state index in [1.165, 1.54) is 5.56 Å². The summed E-state index contributed by atoms with van der Waals surface area (Å²) in [5.74, 6) is 0.566. The fourth-order valence-corrected chi connectivity index (χ4v) is 2.82. The molecule has 142 valence electrons. The third-order valence-corrected chi connectivity index (χ3v) is 4.50. The van der Waals surface area contributed by atoms with Gasteiger partial charge in [0.1, 0.15) is 5.75 Å². The van der Waals surface area contributed by atoms with Gasteiger partial charge >= 0.3 is 0 Å². The maximum atomic E-state index is 12.4. The van der Waals surface area contributed by atoms with Gasteiger partial charge in [0.05, 0.1) is 0 Å². The number of carbonyl (C=O) groups is 2. The molecule has 0 aliphatic rings. The number of carbonyl (C=O) groups excluding carboxylic acids is 2. The van der Waals surface area contributed by atoms with Crippen molar-refractivity contribution in [2.75, 3.05) is 13.2 Å². The van der Waals surface area contributed by atoms with Crippen molar-refractivity contribution in [1.82, 2.24) is 5.32 Å². The highest BCUT2D eigenvalue weighted by atomic mass is 16.5. The van der Waals surface area contributed by atoms with E-state index in [0.29, 0.717) is 23.4 Å². The molecule has 1 N–H and O–H groups in total. The van der Waals surface area contributed by atoms with Gasteiger partial charge in [-0.25, -0.2) is 0 Å². The fourth-order valence-electron chi connectivity index (χ4n) is 2.82. The van der Waals surface area contributed by atoms with E-state index in [0.717, 1.165) is 0 Å². The lowest BCUT2D eigenvalue weighted by atomic mass is 10.0. The molecule has 0 fully saturated rings. The van der Waals surface area contributed by atoms with Crippen LogP contribution in [0, 0.1) is 0 Å². The van der Waals surface area contributed by atoms with Gasteiger partial charge in [-0.05, 0) is 35.7 Å². The first-order chi connectivity index (χ1) is 13.6. The number of amides is 1. The molecule has 0 radical (unpaired) electrons. The van der Waals surface area contributed by atoms with Crippen LogP contribution in [0.3, 0.4) is 0 Å². The van der Waals surface area contributed by atoms with Crippen molar-refractivity contribution in [3.63, 3.8) is 0 Å². The zero-order valence-electron chi connectivity index (χ0n) is 15.8. The summed E-state index contributed by atoms with van der Waals surface area (Å²) in [5.41, 5.74) is 2.41. The Hall–Kier alpha value is -3.40. The molecule has 0 aliphatic carbocycles. The third kappa shape index (κ3) is 5.30. The molecule has 0 saturated heterocycles. The summed E-state index contributed by atoms with van der Waals surface area (Å²) in [6, 6.07) is 26.0. The van der Waals surface area contributed by atoms with Crippen molar-refractivity contribution in [3.05, 3.63) is 102 Å². The summed E-state index contributed by atoms with van der Waals surface area (Å²) >= 11 is 0. The van der Waals surface area contributed by atoms with E-state index >= 15 is 0 Å². The van der Waals surface area contributed by atoms with Gasteiger partial charge in [0.25, 0.3) is 5.91 Å². The van der Waals surface area contributed by atoms with Crippen LogP contribution in [0.15, 0.2) is 84.9 Å². The average molecular weight is 373 g/mol. The molecule has 4 heteroatoms. The summed E-state index contributed by atoms with van der Waals surface area (Å²) in [7, 11) is 0. The van der Waals surface area contributed by atoms with Crippen molar-refractivity contribution < 1.29 is 14.3 Å². The molecule has 4 nitrogen and oxygen atoms in total. The molecule has 1 atom stereocenters. The molecule has 3 aromatic carbocycles. The molecule has 0 heterocycles. The first-order valence-corrected chi connectivity index (χ1v) is 9.28. The van der Waals surface area contributed by atoms with E-state index in [1.54, 1.807) is 36.4 Å². The van der Waals surface area contributed by atoms with E-state index in [1.807, 2.05) is 48.5 Å². The minimum atomic E-state index is -0.174. The van der Waals surface area contributed by atoms with Crippen LogP contribution in [-0.4, -0.2) is 24.8 Å². The van der Waals surface area contributed by atoms with E-state index in [4.69, 9.17) is 4.74 Å². The lowest BCUT2D eigenvalue weighted by Gasteiger charge is -2.13. The van der Waals surface area contributed by atoms with Gasteiger partial charge in [0.2, 0.25) is 0 Å². The van der Waals surface area contributed by atoms with Crippen LogP contribution in [0.4, 0.5) is 0 Å². The first-order valence-electron chi connectivity index (χ1n) is 9.28. The SMILES string of the molecule is C[C@@H](CNC(=O)COc1ccc(C(=O)c2ccccc2)cc1)c1ccccc1. The van der Waals surface area contributed by atoms with Crippen LogP contribution in [0.1, 0.15) is 34.3 Å². The molecule has 3 rings (SSSR count). The van der Waals surface area contributed by atoms with Crippen LogP contribution in [-0.2, 0) is 4.79 Å². The standard InChI is InChI=1S/C24H23NO3/c1-18(19-8-4-2-5-9-19)16-25-23(26)17-28-22-14-12-21(13-15-22)24(27)20-10-6-3-7-11-20/h2-15,18H,16-17H2,1H3,(H,25,26)/t18-/m0/s1. The highest BCUT2D eigenvalue weighted by Gasteiger charge is 2.10. The highest BCUT2D eigenvalue weighted by molar-refractivity contribution is 6.08. The summed E-state index contributed by atoms with van der Waals surface area (Å²) in [5, 5.41) is 2.88. The minimum Gasteiger partial charge on any atom is -0.484 e. The number of nitrogens with one attached hydrogen (secondary N) is 1. The van der Waals surface area contributed by atoms with Gasteiger partial charge in [-0.1, -0.05) is 67.6 Å². The minimum absolute atomic E-state index is 0.0419. The Bertz CT molecular complexity index is 906. The first kappa shape index (κ1) is 19.4. The molecular weight excluding hydrogens is 350 g/mol. The third-order valence-electron chi connectivity index (χ3n) is 4.50. The summed E-state index contributed by atoms with van der Waals surface area (Å²) in [6.45, 7) is 2.56. The molecule has 0 unspecified atom stereocenters. The Balaban J connectivity index is 1.47. The normalized spacial score (nSPS) is 11.5. The van der Waals surface area contributed by atoms with E-state index in [9.17, 15) is 9.59 Å². The zero-order chi connectivity index (χ0) is 19.8. The Kier molecular flexibility index (Phi) is 6.58. The van der Waals surface area contributed by atoms with Crippen LogP contribution in [0.2, 0.25) is 0 Å². The molecule has 28 heavy (non-hydrogen) atoms. The van der Waals surface area contributed by atoms with Gasteiger partial charge in [0.15, 0.2) is 12.4 Å².